The van der Waals surface area contributed by atoms with Crippen LogP contribution in [0, 0.1) is 0 Å². The molecule has 1 amide bonds. The second kappa shape index (κ2) is 7.14. The van der Waals surface area contributed by atoms with E-state index in [1.54, 1.807) is 0 Å². The van der Waals surface area contributed by atoms with Gasteiger partial charge < -0.3 is 10.6 Å². The maximum absolute atomic E-state index is 12.6. The molecule has 0 aromatic rings. The van der Waals surface area contributed by atoms with Gasteiger partial charge in [0.05, 0.1) is 6.04 Å². The normalized spacial score (nSPS) is 25.4. The molecule has 2 heterocycles. The van der Waals surface area contributed by atoms with E-state index in [9.17, 15) is 4.79 Å². The van der Waals surface area contributed by atoms with Crippen molar-refractivity contribution in [3.8, 4) is 0 Å². The van der Waals surface area contributed by atoms with Gasteiger partial charge in [0, 0.05) is 37.5 Å². The molecule has 5 heteroatoms. The molecule has 1 atom stereocenters. The number of carbonyl (C=O) groups excluding carboxylic acids is 1. The highest BCUT2D eigenvalue weighted by Gasteiger charge is 2.36. The van der Waals surface area contributed by atoms with E-state index in [-0.39, 0.29) is 10.8 Å². The fourth-order valence-corrected chi connectivity index (χ4v) is 4.10. The van der Waals surface area contributed by atoms with Gasteiger partial charge in [-0.2, -0.15) is 11.8 Å². The highest BCUT2D eigenvalue weighted by Crippen LogP contribution is 2.34. The minimum atomic E-state index is 0.0331. The summed E-state index contributed by atoms with van der Waals surface area (Å²) in [4.78, 5) is 17.0. The van der Waals surface area contributed by atoms with Crippen molar-refractivity contribution >= 4 is 17.7 Å². The number of carbonyl (C=O) groups is 1. The minimum Gasteiger partial charge on any atom is -0.341 e. The molecule has 0 radical (unpaired) electrons. The summed E-state index contributed by atoms with van der Waals surface area (Å²) in [6, 6.07) is 0.0331. The fourth-order valence-electron chi connectivity index (χ4n) is 3.35. The molecule has 0 aliphatic carbocycles. The van der Waals surface area contributed by atoms with Crippen molar-refractivity contribution < 1.29 is 4.79 Å². The Morgan fingerprint density at radius 1 is 1.20 bits per heavy atom. The van der Waals surface area contributed by atoms with Crippen LogP contribution >= 0.6 is 11.8 Å². The molecule has 2 aliphatic heterocycles. The van der Waals surface area contributed by atoms with Crippen molar-refractivity contribution in [1.82, 2.24) is 9.80 Å². The average molecular weight is 299 g/mol. The van der Waals surface area contributed by atoms with Crippen molar-refractivity contribution in [2.45, 2.75) is 49.8 Å². The Kier molecular flexibility index (Phi) is 5.75. The van der Waals surface area contributed by atoms with Crippen LogP contribution in [0.15, 0.2) is 0 Å². The smallest absolute Gasteiger partial charge is 0.239 e. The summed E-state index contributed by atoms with van der Waals surface area (Å²) >= 11 is 1.90. The number of amides is 1. The highest BCUT2D eigenvalue weighted by atomic mass is 32.2. The standard InChI is InChI=1S/C15H29N3OS/c1-13(14(19)18-8-4-3-5-9-18)17-10-6-15(12-16,20-2)7-11-17/h13H,3-12,16H2,1-2H3. The number of hydrogen-bond acceptors (Lipinski definition) is 4. The van der Waals surface area contributed by atoms with Crippen LogP contribution in [0.2, 0.25) is 0 Å². The molecule has 2 N–H and O–H groups in total. The summed E-state index contributed by atoms with van der Waals surface area (Å²) < 4.78 is 0.240. The third kappa shape index (κ3) is 3.49. The molecule has 0 aromatic carbocycles. The Hall–Kier alpha value is -0.260. The van der Waals surface area contributed by atoms with Gasteiger partial charge in [0.2, 0.25) is 5.91 Å². The molecule has 0 aromatic heterocycles. The fraction of sp³-hybridized carbons (Fsp3) is 0.933. The first-order chi connectivity index (χ1) is 9.62. The Balaban J connectivity index is 1.87. The van der Waals surface area contributed by atoms with Gasteiger partial charge in [-0.25, -0.2) is 0 Å². The minimum absolute atomic E-state index is 0.0331. The molecule has 116 valence electrons. The second-order valence-electron chi connectivity index (χ2n) is 6.19. The SMILES string of the molecule is CSC1(CN)CCN(C(C)C(=O)N2CCCCC2)CC1. The Morgan fingerprint density at radius 3 is 2.30 bits per heavy atom. The van der Waals surface area contributed by atoms with Crippen LogP contribution in [0.25, 0.3) is 0 Å². The first-order valence-corrected chi connectivity index (χ1v) is 9.12. The van der Waals surface area contributed by atoms with E-state index in [2.05, 4.69) is 23.0 Å². The highest BCUT2D eigenvalue weighted by molar-refractivity contribution is 8.00. The number of likely N-dealkylation sites (tertiary alicyclic amines) is 2. The van der Waals surface area contributed by atoms with Crippen LogP contribution in [-0.4, -0.2) is 65.5 Å². The van der Waals surface area contributed by atoms with Crippen molar-refractivity contribution in [3.63, 3.8) is 0 Å². The summed E-state index contributed by atoms with van der Waals surface area (Å²) in [5, 5.41) is 0. The van der Waals surface area contributed by atoms with Crippen LogP contribution in [0.3, 0.4) is 0 Å². The average Bonchev–Trinajstić information content (AvgIpc) is 2.54. The first-order valence-electron chi connectivity index (χ1n) is 7.90. The molecule has 4 nitrogen and oxygen atoms in total. The van der Waals surface area contributed by atoms with Gasteiger partial charge in [-0.15, -0.1) is 0 Å². The van der Waals surface area contributed by atoms with Gasteiger partial charge >= 0.3 is 0 Å². The lowest BCUT2D eigenvalue weighted by molar-refractivity contribution is -0.137. The Morgan fingerprint density at radius 2 is 1.80 bits per heavy atom. The molecule has 0 bridgehead atoms. The van der Waals surface area contributed by atoms with E-state index in [1.807, 2.05) is 11.8 Å². The molecule has 1 unspecified atom stereocenters. The molecular formula is C15H29N3OS. The topological polar surface area (TPSA) is 49.6 Å². The largest absolute Gasteiger partial charge is 0.341 e. The van der Waals surface area contributed by atoms with Crippen LogP contribution < -0.4 is 5.73 Å². The lowest BCUT2D eigenvalue weighted by Gasteiger charge is -2.43. The third-order valence-corrected chi connectivity index (χ3v) is 6.53. The first kappa shape index (κ1) is 16.1. The number of nitrogens with zero attached hydrogens (tertiary/aromatic N) is 2. The monoisotopic (exact) mass is 299 g/mol. The van der Waals surface area contributed by atoms with E-state index < -0.39 is 0 Å². The number of nitrogens with two attached hydrogens (primary N) is 1. The Bertz CT molecular complexity index is 317. The van der Waals surface area contributed by atoms with E-state index >= 15 is 0 Å². The zero-order valence-corrected chi connectivity index (χ0v) is 13.8. The van der Waals surface area contributed by atoms with Crippen LogP contribution in [-0.2, 0) is 4.79 Å². The van der Waals surface area contributed by atoms with Gasteiger partial charge in [-0.05, 0) is 45.3 Å². The predicted octanol–water partition coefficient (Wildman–Crippen LogP) is 1.54. The predicted molar refractivity (Wildman–Crippen MR) is 86.0 cm³/mol. The van der Waals surface area contributed by atoms with Gasteiger partial charge in [0.1, 0.15) is 0 Å². The van der Waals surface area contributed by atoms with Crippen molar-refractivity contribution in [3.05, 3.63) is 0 Å². The van der Waals surface area contributed by atoms with Crippen LogP contribution in [0.1, 0.15) is 39.0 Å². The maximum Gasteiger partial charge on any atom is 0.239 e. The quantitative estimate of drug-likeness (QED) is 0.855. The maximum atomic E-state index is 12.6. The van der Waals surface area contributed by atoms with Crippen molar-refractivity contribution in [2.24, 2.45) is 5.73 Å². The molecule has 2 aliphatic rings. The summed E-state index contributed by atoms with van der Waals surface area (Å²) in [7, 11) is 0. The third-order valence-electron chi connectivity index (χ3n) is 5.09. The summed E-state index contributed by atoms with van der Waals surface area (Å²) in [5.74, 6) is 0.328. The number of piperidine rings is 2. The van der Waals surface area contributed by atoms with Crippen molar-refractivity contribution in [2.75, 3.05) is 39.0 Å². The number of rotatable bonds is 4. The molecule has 0 saturated carbocycles. The summed E-state index contributed by atoms with van der Waals surface area (Å²) in [5.41, 5.74) is 5.93. The van der Waals surface area contributed by atoms with Crippen LogP contribution in [0.4, 0.5) is 0 Å². The molecule has 2 rings (SSSR count). The van der Waals surface area contributed by atoms with E-state index in [4.69, 9.17) is 5.73 Å². The summed E-state index contributed by atoms with van der Waals surface area (Å²) in [6.07, 6.45) is 7.96. The van der Waals surface area contributed by atoms with E-state index in [1.165, 1.54) is 19.3 Å². The lowest BCUT2D eigenvalue weighted by atomic mass is 9.94. The zero-order chi connectivity index (χ0) is 14.6. The van der Waals surface area contributed by atoms with E-state index in [0.29, 0.717) is 5.91 Å². The number of thioether (sulfide) groups is 1. The lowest BCUT2D eigenvalue weighted by Crippen LogP contribution is -2.54. The van der Waals surface area contributed by atoms with Crippen LogP contribution in [0.5, 0.6) is 0 Å². The van der Waals surface area contributed by atoms with Gasteiger partial charge in [0.15, 0.2) is 0 Å². The second-order valence-corrected chi connectivity index (χ2v) is 7.46. The van der Waals surface area contributed by atoms with Crippen molar-refractivity contribution in [1.29, 1.82) is 0 Å². The molecular weight excluding hydrogens is 270 g/mol. The zero-order valence-electron chi connectivity index (χ0n) is 12.9. The number of hydrogen-bond donors (Lipinski definition) is 1. The molecule has 2 fully saturated rings. The van der Waals surface area contributed by atoms with E-state index in [0.717, 1.165) is 45.6 Å². The van der Waals surface area contributed by atoms with Gasteiger partial charge in [-0.1, -0.05) is 0 Å². The summed E-state index contributed by atoms with van der Waals surface area (Å²) in [6.45, 7) is 6.72. The molecule has 20 heavy (non-hydrogen) atoms. The molecule has 2 saturated heterocycles. The van der Waals surface area contributed by atoms with Gasteiger partial charge in [0.25, 0.3) is 0 Å². The van der Waals surface area contributed by atoms with Gasteiger partial charge in [-0.3, -0.25) is 9.69 Å². The Labute approximate surface area is 127 Å². The molecule has 0 spiro atoms.